The predicted octanol–water partition coefficient (Wildman–Crippen LogP) is -2.57. The van der Waals surface area contributed by atoms with Gasteiger partial charge in [0.2, 0.25) is 0 Å². The van der Waals surface area contributed by atoms with Gasteiger partial charge in [0.25, 0.3) is 5.56 Å². The van der Waals surface area contributed by atoms with Crippen LogP contribution >= 0.6 is 0 Å². The van der Waals surface area contributed by atoms with Crippen molar-refractivity contribution >= 4 is 0 Å². The van der Waals surface area contributed by atoms with Gasteiger partial charge in [0.15, 0.2) is 11.8 Å². The molecule has 2 rings (SSSR count). The molecular formula is C12H15N3O5. The second-order valence-electron chi connectivity index (χ2n) is 4.68. The van der Waals surface area contributed by atoms with Crippen molar-refractivity contribution in [3.8, 4) is 12.3 Å². The van der Waals surface area contributed by atoms with Crippen LogP contribution in [0.5, 0.6) is 0 Å². The fourth-order valence-corrected chi connectivity index (χ4v) is 2.29. The van der Waals surface area contributed by atoms with Crippen LogP contribution in [0.4, 0.5) is 0 Å². The summed E-state index contributed by atoms with van der Waals surface area (Å²) in [5, 5.41) is 19.2. The Hall–Kier alpha value is -1.92. The molecule has 0 bridgehead atoms. The minimum absolute atomic E-state index is 0.277. The standard InChI is InChI=1S/C12H15N3O5/c1-3-12(13)9(18)7(5-16)20-10(12)15-6(2)4-8(17)14-11(15)19/h1,4,7,9-10,16,18H,5,13H2,2H3,(H,14,17,19)/t7-,9?,10-,12-/m1/s1. The molecule has 1 aliphatic rings. The van der Waals surface area contributed by atoms with Crippen molar-refractivity contribution in [3.05, 3.63) is 32.6 Å². The minimum atomic E-state index is -1.69. The molecule has 1 aliphatic heterocycles. The molecule has 1 aromatic rings. The maximum absolute atomic E-state index is 11.9. The zero-order valence-electron chi connectivity index (χ0n) is 10.7. The van der Waals surface area contributed by atoms with Crippen LogP contribution in [0.1, 0.15) is 11.9 Å². The number of nitrogens with two attached hydrogens (primary N) is 1. The van der Waals surface area contributed by atoms with Gasteiger partial charge < -0.3 is 20.7 Å². The molecule has 1 saturated heterocycles. The van der Waals surface area contributed by atoms with Crippen LogP contribution < -0.4 is 17.0 Å². The number of aliphatic hydroxyl groups excluding tert-OH is 2. The Balaban J connectivity index is 2.61. The third kappa shape index (κ3) is 1.97. The molecule has 0 aliphatic carbocycles. The number of aromatic nitrogens is 2. The zero-order chi connectivity index (χ0) is 15.1. The maximum Gasteiger partial charge on any atom is 0.330 e. The van der Waals surface area contributed by atoms with E-state index in [1.807, 2.05) is 0 Å². The van der Waals surface area contributed by atoms with Gasteiger partial charge in [0.1, 0.15) is 12.2 Å². The molecule has 108 valence electrons. The molecule has 0 spiro atoms. The highest BCUT2D eigenvalue weighted by Gasteiger charge is 2.54. The van der Waals surface area contributed by atoms with Crippen LogP contribution in [0, 0.1) is 19.3 Å². The second-order valence-corrected chi connectivity index (χ2v) is 4.68. The molecule has 20 heavy (non-hydrogen) atoms. The second kappa shape index (κ2) is 4.88. The van der Waals surface area contributed by atoms with Crippen molar-refractivity contribution in [2.45, 2.75) is 30.9 Å². The molecule has 0 radical (unpaired) electrons. The van der Waals surface area contributed by atoms with E-state index in [2.05, 4.69) is 10.9 Å². The summed E-state index contributed by atoms with van der Waals surface area (Å²) in [6.07, 6.45) is 1.80. The lowest BCUT2D eigenvalue weighted by atomic mass is 9.92. The summed E-state index contributed by atoms with van der Waals surface area (Å²) < 4.78 is 6.45. The molecule has 4 atom stereocenters. The first-order valence-electron chi connectivity index (χ1n) is 5.88. The highest BCUT2D eigenvalue weighted by molar-refractivity contribution is 5.23. The lowest BCUT2D eigenvalue weighted by Crippen LogP contribution is -2.55. The van der Waals surface area contributed by atoms with Crippen molar-refractivity contribution in [1.82, 2.24) is 9.55 Å². The molecule has 8 heteroatoms. The largest absolute Gasteiger partial charge is 0.394 e. The van der Waals surface area contributed by atoms with E-state index in [9.17, 15) is 14.7 Å². The summed E-state index contributed by atoms with van der Waals surface area (Å²) >= 11 is 0. The van der Waals surface area contributed by atoms with Crippen LogP contribution in [0.3, 0.4) is 0 Å². The predicted molar refractivity (Wildman–Crippen MR) is 68.8 cm³/mol. The van der Waals surface area contributed by atoms with Gasteiger partial charge in [0.05, 0.1) is 6.61 Å². The van der Waals surface area contributed by atoms with E-state index in [-0.39, 0.29) is 5.69 Å². The topological polar surface area (TPSA) is 131 Å². The van der Waals surface area contributed by atoms with Crippen molar-refractivity contribution in [1.29, 1.82) is 0 Å². The molecule has 0 aromatic carbocycles. The SMILES string of the molecule is C#C[C@@]1(N)C(O)[C@@H](CO)O[C@H]1n1c(C)cc(=O)[nH]c1=O. The zero-order valence-corrected chi connectivity index (χ0v) is 10.7. The Morgan fingerprint density at radius 3 is 2.80 bits per heavy atom. The normalized spacial score (nSPS) is 33.0. The van der Waals surface area contributed by atoms with E-state index in [1.165, 1.54) is 13.0 Å². The Morgan fingerprint density at radius 1 is 1.65 bits per heavy atom. The Kier molecular flexibility index (Phi) is 3.54. The number of ether oxygens (including phenoxy) is 1. The number of H-pyrrole nitrogens is 1. The number of rotatable bonds is 2. The Labute approximate surface area is 113 Å². The fraction of sp³-hybridized carbons (Fsp3) is 0.500. The lowest BCUT2D eigenvalue weighted by Gasteiger charge is -2.28. The molecule has 2 heterocycles. The molecule has 1 aromatic heterocycles. The van der Waals surface area contributed by atoms with Crippen LogP contribution in [-0.4, -0.2) is 44.1 Å². The van der Waals surface area contributed by atoms with Crippen LogP contribution in [-0.2, 0) is 4.74 Å². The molecule has 1 unspecified atom stereocenters. The van der Waals surface area contributed by atoms with Gasteiger partial charge in [-0.2, -0.15) is 0 Å². The van der Waals surface area contributed by atoms with Gasteiger partial charge in [-0.15, -0.1) is 6.42 Å². The average molecular weight is 281 g/mol. The summed E-state index contributed by atoms with van der Waals surface area (Å²) in [6, 6.07) is 1.18. The van der Waals surface area contributed by atoms with Crippen molar-refractivity contribution < 1.29 is 14.9 Å². The summed E-state index contributed by atoms with van der Waals surface area (Å²) in [6.45, 7) is 1.00. The smallest absolute Gasteiger partial charge is 0.330 e. The van der Waals surface area contributed by atoms with Gasteiger partial charge in [-0.25, -0.2) is 4.79 Å². The number of aryl methyl sites for hydroxylation is 1. The number of terminal acetylenes is 1. The number of hydrogen-bond donors (Lipinski definition) is 4. The monoisotopic (exact) mass is 281 g/mol. The molecule has 5 N–H and O–H groups in total. The van der Waals surface area contributed by atoms with Gasteiger partial charge in [-0.3, -0.25) is 14.3 Å². The summed E-state index contributed by atoms with van der Waals surface area (Å²) in [5.74, 6) is 2.21. The van der Waals surface area contributed by atoms with Crippen LogP contribution in [0.2, 0.25) is 0 Å². The van der Waals surface area contributed by atoms with Crippen molar-refractivity contribution in [2.24, 2.45) is 5.73 Å². The number of nitrogens with zero attached hydrogens (tertiary/aromatic N) is 1. The molecule has 8 nitrogen and oxygen atoms in total. The van der Waals surface area contributed by atoms with Crippen LogP contribution in [0.25, 0.3) is 0 Å². The Morgan fingerprint density at radius 2 is 2.30 bits per heavy atom. The summed E-state index contributed by atoms with van der Waals surface area (Å²) in [5.41, 5.74) is 3.21. The first kappa shape index (κ1) is 14.5. The van der Waals surface area contributed by atoms with Gasteiger partial charge in [-0.1, -0.05) is 5.92 Å². The van der Waals surface area contributed by atoms with E-state index in [0.717, 1.165) is 4.57 Å². The fourth-order valence-electron chi connectivity index (χ4n) is 2.29. The number of nitrogens with one attached hydrogen (secondary N) is 1. The maximum atomic E-state index is 11.9. The van der Waals surface area contributed by atoms with E-state index >= 15 is 0 Å². The van der Waals surface area contributed by atoms with E-state index in [4.69, 9.17) is 22.0 Å². The van der Waals surface area contributed by atoms with Gasteiger partial charge in [0, 0.05) is 11.8 Å². The van der Waals surface area contributed by atoms with Crippen molar-refractivity contribution in [2.75, 3.05) is 6.61 Å². The van der Waals surface area contributed by atoms with Crippen molar-refractivity contribution in [3.63, 3.8) is 0 Å². The number of hydrogen-bond acceptors (Lipinski definition) is 6. The van der Waals surface area contributed by atoms with E-state index in [1.54, 1.807) is 0 Å². The number of aliphatic hydroxyl groups is 2. The van der Waals surface area contributed by atoms with Crippen LogP contribution in [0.15, 0.2) is 15.7 Å². The molecule has 1 fully saturated rings. The van der Waals surface area contributed by atoms with E-state index in [0.29, 0.717) is 0 Å². The van der Waals surface area contributed by atoms with Gasteiger partial charge in [-0.05, 0) is 6.92 Å². The molecule has 0 amide bonds. The first-order valence-corrected chi connectivity index (χ1v) is 5.88. The molecule has 0 saturated carbocycles. The highest BCUT2D eigenvalue weighted by atomic mass is 16.5. The average Bonchev–Trinajstić information content (AvgIpc) is 2.63. The molecular weight excluding hydrogens is 266 g/mol. The highest BCUT2D eigenvalue weighted by Crippen LogP contribution is 2.35. The quantitative estimate of drug-likeness (QED) is 0.441. The third-order valence-electron chi connectivity index (χ3n) is 3.39. The lowest BCUT2D eigenvalue weighted by molar-refractivity contribution is -0.0484. The van der Waals surface area contributed by atoms with Gasteiger partial charge >= 0.3 is 5.69 Å². The minimum Gasteiger partial charge on any atom is -0.394 e. The van der Waals surface area contributed by atoms with E-state index < -0.39 is 41.8 Å². The number of aromatic amines is 1. The summed E-state index contributed by atoms with van der Waals surface area (Å²) in [4.78, 5) is 25.2. The summed E-state index contributed by atoms with van der Waals surface area (Å²) in [7, 11) is 0. The third-order valence-corrected chi connectivity index (χ3v) is 3.39. The first-order chi connectivity index (χ1) is 9.35. The Bertz CT molecular complexity index is 673.